The van der Waals surface area contributed by atoms with Crippen molar-refractivity contribution >= 4 is 10.8 Å². The molecule has 0 aliphatic carbocycles. The topological polar surface area (TPSA) is 27.7 Å². The van der Waals surface area contributed by atoms with E-state index in [1.54, 1.807) is 6.92 Å². The summed E-state index contributed by atoms with van der Waals surface area (Å²) < 4.78 is 108. The largest absolute Gasteiger partial charge is 0.494 e. The molecule has 0 spiro atoms. The van der Waals surface area contributed by atoms with Crippen molar-refractivity contribution in [2.24, 2.45) is 0 Å². The Morgan fingerprint density at radius 1 is 0.806 bits per heavy atom. The zero-order valence-corrected chi connectivity index (χ0v) is 15.9. The monoisotopic (exact) mass is 448 g/mol. The number of halogens is 7. The Kier molecular flexibility index (Phi) is 6.19. The maximum atomic E-state index is 14.5. The Morgan fingerprint density at radius 3 is 2.16 bits per heavy atom. The first kappa shape index (κ1) is 22.5. The van der Waals surface area contributed by atoms with Crippen LogP contribution in [0.15, 0.2) is 48.5 Å². The second-order valence-electron chi connectivity index (χ2n) is 6.36. The van der Waals surface area contributed by atoms with E-state index in [-0.39, 0.29) is 23.1 Å². The molecule has 31 heavy (non-hydrogen) atoms. The van der Waals surface area contributed by atoms with Gasteiger partial charge in [0.1, 0.15) is 22.9 Å². The van der Waals surface area contributed by atoms with E-state index in [4.69, 9.17) is 4.74 Å². The summed E-state index contributed by atoms with van der Waals surface area (Å²) in [5, 5.41) is -0.0973. The van der Waals surface area contributed by atoms with E-state index in [2.05, 4.69) is 9.47 Å². The van der Waals surface area contributed by atoms with E-state index in [0.717, 1.165) is 42.5 Å². The van der Waals surface area contributed by atoms with E-state index >= 15 is 0 Å². The molecule has 10 heteroatoms. The van der Waals surface area contributed by atoms with Crippen LogP contribution in [-0.4, -0.2) is 19.4 Å². The van der Waals surface area contributed by atoms with Gasteiger partial charge in [-0.05, 0) is 48.7 Å². The van der Waals surface area contributed by atoms with Crippen molar-refractivity contribution in [3.05, 3.63) is 65.7 Å². The van der Waals surface area contributed by atoms with Crippen LogP contribution in [0.1, 0.15) is 12.5 Å². The van der Waals surface area contributed by atoms with Crippen molar-refractivity contribution in [2.45, 2.75) is 19.2 Å². The summed E-state index contributed by atoms with van der Waals surface area (Å²) in [7, 11) is 0. The van der Waals surface area contributed by atoms with Crippen LogP contribution in [0, 0.1) is 11.6 Å². The molecule has 0 radical (unpaired) electrons. The first-order valence-electron chi connectivity index (χ1n) is 8.91. The van der Waals surface area contributed by atoms with Gasteiger partial charge >= 0.3 is 12.3 Å². The maximum absolute atomic E-state index is 14.5. The third kappa shape index (κ3) is 5.31. The van der Waals surface area contributed by atoms with Crippen LogP contribution in [-0.2, 0) is 6.11 Å². The van der Waals surface area contributed by atoms with Crippen LogP contribution in [0.4, 0.5) is 30.7 Å². The van der Waals surface area contributed by atoms with Crippen LogP contribution in [0.2, 0.25) is 0 Å². The van der Waals surface area contributed by atoms with Gasteiger partial charge in [-0.3, -0.25) is 0 Å². The predicted octanol–water partition coefficient (Wildman–Crippen LogP) is 6.59. The van der Waals surface area contributed by atoms with Crippen molar-refractivity contribution < 1.29 is 44.9 Å². The molecule has 0 aliphatic rings. The third-order valence-electron chi connectivity index (χ3n) is 4.09. The molecular weight excluding hydrogens is 433 g/mol. The smallest absolute Gasteiger partial charge is 0.429 e. The molecule has 3 aromatic rings. The molecule has 3 aromatic carbocycles. The Bertz CT molecular complexity index is 1080. The summed E-state index contributed by atoms with van der Waals surface area (Å²) in [6, 6.07) is 8.00. The molecule has 0 atom stereocenters. The minimum atomic E-state index is -4.65. The molecule has 166 valence electrons. The van der Waals surface area contributed by atoms with Gasteiger partial charge in [0, 0.05) is 11.5 Å². The Morgan fingerprint density at radius 2 is 1.52 bits per heavy atom. The van der Waals surface area contributed by atoms with Crippen molar-refractivity contribution in [3.8, 4) is 17.2 Å². The molecule has 0 fully saturated rings. The van der Waals surface area contributed by atoms with Crippen molar-refractivity contribution in [2.75, 3.05) is 13.2 Å². The summed E-state index contributed by atoms with van der Waals surface area (Å²) in [6.07, 6.45) is -8.71. The highest BCUT2D eigenvalue weighted by Gasteiger charge is 2.38. The second-order valence-corrected chi connectivity index (χ2v) is 6.36. The van der Waals surface area contributed by atoms with Gasteiger partial charge in [-0.1, -0.05) is 6.07 Å². The molecule has 3 nitrogen and oxygen atoms in total. The Hall–Kier alpha value is -3.17. The van der Waals surface area contributed by atoms with Crippen LogP contribution in [0.25, 0.3) is 10.8 Å². The lowest BCUT2D eigenvalue weighted by atomic mass is 10.1. The lowest BCUT2D eigenvalue weighted by molar-refractivity contribution is -0.187. The quantitative estimate of drug-likeness (QED) is 0.382. The summed E-state index contributed by atoms with van der Waals surface area (Å²) in [4.78, 5) is 0. The SMILES string of the molecule is CCOc1ccc(C(F)(F)Oc2ccc3c(F)c(OCC(F)(F)F)ccc3c2)c(F)c1. The first-order chi connectivity index (χ1) is 14.5. The lowest BCUT2D eigenvalue weighted by Gasteiger charge is -2.19. The lowest BCUT2D eigenvalue weighted by Crippen LogP contribution is -2.23. The third-order valence-corrected chi connectivity index (χ3v) is 4.09. The normalized spacial score (nSPS) is 12.1. The highest BCUT2D eigenvalue weighted by Crippen LogP contribution is 2.36. The van der Waals surface area contributed by atoms with Crippen molar-refractivity contribution in [1.82, 2.24) is 0 Å². The highest BCUT2D eigenvalue weighted by atomic mass is 19.4. The van der Waals surface area contributed by atoms with E-state index in [1.807, 2.05) is 0 Å². The Balaban J connectivity index is 1.85. The van der Waals surface area contributed by atoms with E-state index in [9.17, 15) is 30.7 Å². The van der Waals surface area contributed by atoms with E-state index in [0.29, 0.717) is 0 Å². The van der Waals surface area contributed by atoms with Crippen LogP contribution >= 0.6 is 0 Å². The van der Waals surface area contributed by atoms with Gasteiger partial charge in [0.05, 0.1) is 6.61 Å². The van der Waals surface area contributed by atoms with Gasteiger partial charge in [0.25, 0.3) is 0 Å². The molecule has 0 saturated heterocycles. The number of hydrogen-bond donors (Lipinski definition) is 0. The number of alkyl halides is 5. The van der Waals surface area contributed by atoms with Gasteiger partial charge < -0.3 is 14.2 Å². The fourth-order valence-corrected chi connectivity index (χ4v) is 2.78. The molecule has 0 unspecified atom stereocenters. The van der Waals surface area contributed by atoms with Gasteiger partial charge in [0.15, 0.2) is 18.2 Å². The van der Waals surface area contributed by atoms with Crippen LogP contribution in [0.5, 0.6) is 17.2 Å². The summed E-state index contributed by atoms with van der Waals surface area (Å²) >= 11 is 0. The molecule has 0 aliphatic heterocycles. The van der Waals surface area contributed by atoms with Gasteiger partial charge in [-0.15, -0.1) is 0 Å². The van der Waals surface area contributed by atoms with Gasteiger partial charge in [-0.25, -0.2) is 8.78 Å². The standard InChI is InChI=1S/C21H15F7O3/c1-2-29-13-5-7-16(17(22)10-13)21(27,28)31-14-4-6-15-12(9-14)3-8-18(19(15)23)30-11-20(24,25)26/h3-10H,2,11H2,1H3. The number of ether oxygens (including phenoxy) is 3. The fraction of sp³-hybridized carbons (Fsp3) is 0.238. The summed E-state index contributed by atoms with van der Waals surface area (Å²) in [6.45, 7) is 0.191. The first-order valence-corrected chi connectivity index (χ1v) is 8.91. The Labute approximate surface area is 171 Å². The maximum Gasteiger partial charge on any atom is 0.429 e. The minimum absolute atomic E-state index is 0.0670. The number of benzene rings is 3. The highest BCUT2D eigenvalue weighted by molar-refractivity contribution is 5.86. The zero-order chi connectivity index (χ0) is 22.8. The minimum Gasteiger partial charge on any atom is -0.494 e. The predicted molar refractivity (Wildman–Crippen MR) is 97.5 cm³/mol. The molecule has 0 aromatic heterocycles. The number of rotatable bonds is 7. The molecule has 0 N–H and O–H groups in total. The average molecular weight is 448 g/mol. The summed E-state index contributed by atoms with van der Waals surface area (Å²) in [5.41, 5.74) is -1.03. The van der Waals surface area contributed by atoms with Crippen molar-refractivity contribution in [1.29, 1.82) is 0 Å². The summed E-state index contributed by atoms with van der Waals surface area (Å²) in [5.74, 6) is -3.30. The molecular formula is C21H15F7O3. The second kappa shape index (κ2) is 8.52. The van der Waals surface area contributed by atoms with Gasteiger partial charge in [-0.2, -0.15) is 22.0 Å². The molecule has 3 rings (SSSR count). The number of hydrogen-bond acceptors (Lipinski definition) is 3. The zero-order valence-electron chi connectivity index (χ0n) is 15.9. The number of fused-ring (bicyclic) bond motifs is 1. The van der Waals surface area contributed by atoms with Crippen LogP contribution in [0.3, 0.4) is 0 Å². The molecule has 0 heterocycles. The molecule has 0 saturated carbocycles. The van der Waals surface area contributed by atoms with E-state index in [1.165, 1.54) is 6.07 Å². The average Bonchev–Trinajstić information content (AvgIpc) is 2.66. The van der Waals surface area contributed by atoms with Gasteiger partial charge in [0.2, 0.25) is 0 Å². The van der Waals surface area contributed by atoms with Crippen LogP contribution < -0.4 is 14.2 Å². The fourth-order valence-electron chi connectivity index (χ4n) is 2.78. The molecule has 0 amide bonds. The van der Waals surface area contributed by atoms with Crippen molar-refractivity contribution in [3.63, 3.8) is 0 Å². The molecule has 0 bridgehead atoms. The van der Waals surface area contributed by atoms with E-state index < -0.39 is 47.6 Å².